The van der Waals surface area contributed by atoms with Gasteiger partial charge in [-0.1, -0.05) is 34.1 Å². The summed E-state index contributed by atoms with van der Waals surface area (Å²) in [6.07, 6.45) is 0.0898. The van der Waals surface area contributed by atoms with Crippen LogP contribution < -0.4 is 0 Å². The van der Waals surface area contributed by atoms with Crippen LogP contribution in [-0.2, 0) is 11.2 Å². The Hall–Kier alpha value is -1.43. The third-order valence-corrected chi connectivity index (χ3v) is 2.57. The summed E-state index contributed by atoms with van der Waals surface area (Å²) >= 11 is 2.94. The Balaban J connectivity index is 2.94. The summed E-state index contributed by atoms with van der Waals surface area (Å²) in [5.74, 6) is -1.03. The van der Waals surface area contributed by atoms with E-state index < -0.39 is 15.7 Å². The molecule has 1 aromatic rings. The molecule has 0 amide bonds. The number of rotatable bonds is 4. The third-order valence-electron chi connectivity index (χ3n) is 1.86. The highest BCUT2D eigenvalue weighted by Gasteiger charge is 2.19. The molecule has 0 fully saturated rings. The van der Waals surface area contributed by atoms with Crippen LogP contribution in [0.4, 0.5) is 5.69 Å². The summed E-state index contributed by atoms with van der Waals surface area (Å²) in [7, 11) is 0. The molecule has 6 heteroatoms. The van der Waals surface area contributed by atoms with Crippen LogP contribution in [0.15, 0.2) is 24.3 Å². The van der Waals surface area contributed by atoms with Crippen molar-refractivity contribution < 1.29 is 14.8 Å². The first kappa shape index (κ1) is 11.6. The average molecular weight is 274 g/mol. The molecule has 15 heavy (non-hydrogen) atoms. The number of hydrogen-bond donors (Lipinski definition) is 1. The fourth-order valence-corrected chi connectivity index (χ4v) is 1.49. The molecule has 1 rings (SSSR count). The quantitative estimate of drug-likeness (QED) is 0.517. The van der Waals surface area contributed by atoms with Gasteiger partial charge in [-0.3, -0.25) is 14.9 Å². The van der Waals surface area contributed by atoms with Gasteiger partial charge >= 0.3 is 5.97 Å². The van der Waals surface area contributed by atoms with Crippen molar-refractivity contribution in [1.82, 2.24) is 0 Å². The SMILES string of the molecule is O=C(O)C(Br)Cc1ccccc1[N+](=O)[O-]. The molecule has 0 radical (unpaired) electrons. The number of carbonyl (C=O) groups is 1. The van der Waals surface area contributed by atoms with Gasteiger partial charge < -0.3 is 5.11 Å². The number of nitrogens with zero attached hydrogens (tertiary/aromatic N) is 1. The Kier molecular flexibility index (Phi) is 3.79. The molecule has 0 aliphatic heterocycles. The zero-order chi connectivity index (χ0) is 11.4. The van der Waals surface area contributed by atoms with Crippen molar-refractivity contribution in [2.75, 3.05) is 0 Å². The number of nitro benzene ring substituents is 1. The van der Waals surface area contributed by atoms with Gasteiger partial charge in [-0.15, -0.1) is 0 Å². The standard InChI is InChI=1S/C9H8BrNO4/c10-7(9(12)13)5-6-3-1-2-4-8(6)11(14)15/h1-4,7H,5H2,(H,12,13). The van der Waals surface area contributed by atoms with Gasteiger partial charge in [-0.05, 0) is 0 Å². The van der Waals surface area contributed by atoms with Gasteiger partial charge in [-0.2, -0.15) is 0 Å². The zero-order valence-corrected chi connectivity index (χ0v) is 9.18. The summed E-state index contributed by atoms with van der Waals surface area (Å²) in [6.45, 7) is 0. The number of alkyl halides is 1. The summed E-state index contributed by atoms with van der Waals surface area (Å²) < 4.78 is 0. The van der Waals surface area contributed by atoms with Crippen molar-refractivity contribution in [2.45, 2.75) is 11.2 Å². The molecule has 0 aliphatic carbocycles. The fraction of sp³-hybridized carbons (Fsp3) is 0.222. The molecular weight excluding hydrogens is 266 g/mol. The van der Waals surface area contributed by atoms with Gasteiger partial charge in [0.05, 0.1) is 4.92 Å². The fourth-order valence-electron chi connectivity index (χ4n) is 1.14. The lowest BCUT2D eigenvalue weighted by atomic mass is 10.1. The van der Waals surface area contributed by atoms with Crippen molar-refractivity contribution in [3.05, 3.63) is 39.9 Å². The highest BCUT2D eigenvalue weighted by atomic mass is 79.9. The van der Waals surface area contributed by atoms with E-state index in [1.807, 2.05) is 0 Å². The van der Waals surface area contributed by atoms with Crippen LogP contribution in [0, 0.1) is 10.1 Å². The Bertz CT molecular complexity index is 393. The number of hydrogen-bond acceptors (Lipinski definition) is 3. The van der Waals surface area contributed by atoms with Gasteiger partial charge in [0.2, 0.25) is 0 Å². The Labute approximate surface area is 94.0 Å². The first-order chi connectivity index (χ1) is 7.02. The van der Waals surface area contributed by atoms with E-state index in [4.69, 9.17) is 5.11 Å². The molecule has 0 aromatic heterocycles. The van der Waals surface area contributed by atoms with Gasteiger partial charge in [0.15, 0.2) is 0 Å². The lowest BCUT2D eigenvalue weighted by molar-refractivity contribution is -0.385. The number of carboxylic acids is 1. The molecule has 1 atom stereocenters. The number of benzene rings is 1. The van der Waals surface area contributed by atoms with Crippen molar-refractivity contribution >= 4 is 27.6 Å². The van der Waals surface area contributed by atoms with E-state index in [9.17, 15) is 14.9 Å². The normalized spacial score (nSPS) is 12.1. The van der Waals surface area contributed by atoms with E-state index in [1.165, 1.54) is 6.07 Å². The molecule has 1 N–H and O–H groups in total. The predicted molar refractivity (Wildman–Crippen MR) is 57.2 cm³/mol. The van der Waals surface area contributed by atoms with Crippen LogP contribution in [-0.4, -0.2) is 20.8 Å². The van der Waals surface area contributed by atoms with Crippen molar-refractivity contribution in [3.63, 3.8) is 0 Å². The van der Waals surface area contributed by atoms with Crippen LogP contribution >= 0.6 is 15.9 Å². The molecule has 5 nitrogen and oxygen atoms in total. The number of para-hydroxylation sites is 1. The maximum atomic E-state index is 10.6. The molecule has 0 spiro atoms. The second-order valence-electron chi connectivity index (χ2n) is 2.90. The van der Waals surface area contributed by atoms with Crippen molar-refractivity contribution in [2.24, 2.45) is 0 Å². The van der Waals surface area contributed by atoms with Crippen LogP contribution in [0.5, 0.6) is 0 Å². The van der Waals surface area contributed by atoms with E-state index in [0.717, 1.165) is 0 Å². The summed E-state index contributed by atoms with van der Waals surface area (Å²) in [5, 5.41) is 19.3. The highest BCUT2D eigenvalue weighted by Crippen LogP contribution is 2.21. The summed E-state index contributed by atoms with van der Waals surface area (Å²) in [6, 6.07) is 6.10. The zero-order valence-electron chi connectivity index (χ0n) is 7.59. The number of carboxylic acid groups (broad SMARTS) is 1. The van der Waals surface area contributed by atoms with Crippen molar-refractivity contribution in [3.8, 4) is 0 Å². The lowest BCUT2D eigenvalue weighted by Gasteiger charge is -2.04. The molecule has 0 heterocycles. The van der Waals surface area contributed by atoms with Crippen LogP contribution in [0.3, 0.4) is 0 Å². The number of aliphatic carboxylic acids is 1. The molecule has 1 aromatic carbocycles. The van der Waals surface area contributed by atoms with Crippen LogP contribution in [0.2, 0.25) is 0 Å². The monoisotopic (exact) mass is 273 g/mol. The second-order valence-corrected chi connectivity index (χ2v) is 4.00. The molecule has 0 aliphatic rings. The van der Waals surface area contributed by atoms with Gasteiger partial charge in [0.1, 0.15) is 4.83 Å². The Morgan fingerprint density at radius 1 is 1.53 bits per heavy atom. The molecule has 0 bridgehead atoms. The van der Waals surface area contributed by atoms with E-state index in [1.54, 1.807) is 18.2 Å². The lowest BCUT2D eigenvalue weighted by Crippen LogP contribution is -2.16. The van der Waals surface area contributed by atoms with Crippen LogP contribution in [0.25, 0.3) is 0 Å². The minimum Gasteiger partial charge on any atom is -0.480 e. The minimum absolute atomic E-state index is 0.0526. The first-order valence-corrected chi connectivity index (χ1v) is 5.03. The van der Waals surface area contributed by atoms with Crippen molar-refractivity contribution in [1.29, 1.82) is 0 Å². The first-order valence-electron chi connectivity index (χ1n) is 4.11. The highest BCUT2D eigenvalue weighted by molar-refractivity contribution is 9.10. The Morgan fingerprint density at radius 3 is 2.67 bits per heavy atom. The molecule has 0 saturated carbocycles. The number of halogens is 1. The van der Waals surface area contributed by atoms with E-state index in [-0.39, 0.29) is 12.1 Å². The Morgan fingerprint density at radius 2 is 2.13 bits per heavy atom. The van der Waals surface area contributed by atoms with Gasteiger partial charge in [0, 0.05) is 18.1 Å². The summed E-state index contributed by atoms with van der Waals surface area (Å²) in [5.41, 5.74) is 0.356. The van der Waals surface area contributed by atoms with Gasteiger partial charge in [-0.25, -0.2) is 0 Å². The second kappa shape index (κ2) is 4.88. The molecular formula is C9H8BrNO4. The van der Waals surface area contributed by atoms with Gasteiger partial charge in [0.25, 0.3) is 5.69 Å². The van der Waals surface area contributed by atoms with Crippen LogP contribution in [0.1, 0.15) is 5.56 Å². The van der Waals surface area contributed by atoms with E-state index >= 15 is 0 Å². The number of nitro groups is 1. The molecule has 0 saturated heterocycles. The minimum atomic E-state index is -1.03. The molecule has 80 valence electrons. The predicted octanol–water partition coefficient (Wildman–Crippen LogP) is 1.99. The average Bonchev–Trinajstić information content (AvgIpc) is 2.18. The largest absolute Gasteiger partial charge is 0.480 e. The summed E-state index contributed by atoms with van der Waals surface area (Å²) in [4.78, 5) is 19.9. The smallest absolute Gasteiger partial charge is 0.317 e. The maximum absolute atomic E-state index is 10.6. The third kappa shape index (κ3) is 3.02. The topological polar surface area (TPSA) is 80.4 Å². The van der Waals surface area contributed by atoms with E-state index in [2.05, 4.69) is 15.9 Å². The molecule has 1 unspecified atom stereocenters. The maximum Gasteiger partial charge on any atom is 0.317 e. The van der Waals surface area contributed by atoms with E-state index in [0.29, 0.717) is 5.56 Å².